The van der Waals surface area contributed by atoms with Crippen LogP contribution in [0.15, 0.2) is 0 Å². The first-order valence-corrected chi connectivity index (χ1v) is 10.5. The number of halogens is 1. The van der Waals surface area contributed by atoms with Crippen LogP contribution in [0.5, 0.6) is 0 Å². The van der Waals surface area contributed by atoms with E-state index in [9.17, 15) is 0 Å². The molecule has 0 heterocycles. The zero-order valence-corrected chi connectivity index (χ0v) is 16.6. The Morgan fingerprint density at radius 3 is 2.52 bits per heavy atom. The first-order valence-electron chi connectivity index (χ1n) is 10.1. The highest BCUT2D eigenvalue weighted by atomic mass is 35.5. The lowest BCUT2D eigenvalue weighted by molar-refractivity contribution is 0.0199. The Hall–Kier alpha value is -0.0400. The molecular formula is C21H38ClN. The monoisotopic (exact) mass is 339 g/mol. The highest BCUT2D eigenvalue weighted by Crippen LogP contribution is 2.60. The van der Waals surface area contributed by atoms with E-state index in [2.05, 4.69) is 20.8 Å². The number of fused-ring (bicyclic) bond motifs is 1. The van der Waals surface area contributed by atoms with Gasteiger partial charge in [0.25, 0.3) is 0 Å². The van der Waals surface area contributed by atoms with Gasteiger partial charge in [-0.15, -0.1) is 11.6 Å². The van der Waals surface area contributed by atoms with Gasteiger partial charge >= 0.3 is 0 Å². The molecule has 0 aliphatic heterocycles. The number of rotatable bonds is 8. The van der Waals surface area contributed by atoms with Crippen LogP contribution in [-0.2, 0) is 0 Å². The molecule has 0 bridgehead atoms. The van der Waals surface area contributed by atoms with Crippen molar-refractivity contribution in [2.45, 2.75) is 103 Å². The fourth-order valence-electron chi connectivity index (χ4n) is 5.94. The molecule has 2 saturated carbocycles. The Bertz CT molecular complexity index is 407. The van der Waals surface area contributed by atoms with Gasteiger partial charge in [0, 0.05) is 10.6 Å². The van der Waals surface area contributed by atoms with Crippen molar-refractivity contribution in [3.05, 3.63) is 0 Å². The SMILES string of the molecule is CCCC[C@@](Cl)(CCC)C1CC[C@]2(C)CCCC2C1CC(C)=N. The van der Waals surface area contributed by atoms with Crippen LogP contribution in [0.1, 0.15) is 98.3 Å². The van der Waals surface area contributed by atoms with Gasteiger partial charge in [0.2, 0.25) is 0 Å². The minimum absolute atomic E-state index is 0.0191. The van der Waals surface area contributed by atoms with Gasteiger partial charge < -0.3 is 5.41 Å². The number of nitrogens with one attached hydrogen (secondary N) is 1. The molecule has 3 unspecified atom stereocenters. The highest BCUT2D eigenvalue weighted by Gasteiger charge is 2.53. The molecule has 134 valence electrons. The second kappa shape index (κ2) is 7.89. The van der Waals surface area contributed by atoms with Gasteiger partial charge in [0.1, 0.15) is 0 Å². The molecule has 2 aliphatic rings. The summed E-state index contributed by atoms with van der Waals surface area (Å²) in [4.78, 5) is -0.0191. The second-order valence-electron chi connectivity index (χ2n) is 8.83. The van der Waals surface area contributed by atoms with Crippen LogP contribution < -0.4 is 0 Å². The lowest BCUT2D eigenvalue weighted by atomic mass is 9.56. The number of alkyl halides is 1. The number of unbranched alkanes of at least 4 members (excludes halogenated alkanes) is 1. The van der Waals surface area contributed by atoms with Crippen molar-refractivity contribution in [3.8, 4) is 0 Å². The van der Waals surface area contributed by atoms with Gasteiger partial charge in [-0.25, -0.2) is 0 Å². The lowest BCUT2D eigenvalue weighted by Crippen LogP contribution is -2.47. The van der Waals surface area contributed by atoms with Crippen molar-refractivity contribution in [3.63, 3.8) is 0 Å². The summed E-state index contributed by atoms with van der Waals surface area (Å²) in [6.45, 7) is 9.08. The molecule has 0 radical (unpaired) electrons. The Kier molecular flexibility index (Phi) is 6.62. The standard InChI is InChI=1S/C21H38ClN/c1-5-7-13-21(22,11-6-2)19-10-14-20(4)12-8-9-18(20)17(19)15-16(3)23/h17-19,23H,5-15H2,1-4H3/t17?,18?,19?,20-,21-/m0/s1. The quantitative estimate of drug-likeness (QED) is 0.356. The molecule has 0 aromatic rings. The van der Waals surface area contributed by atoms with E-state index in [-0.39, 0.29) is 4.87 Å². The maximum absolute atomic E-state index is 8.14. The largest absolute Gasteiger partial charge is 0.310 e. The van der Waals surface area contributed by atoms with Gasteiger partial charge in [-0.05, 0) is 75.0 Å². The van der Waals surface area contributed by atoms with Crippen molar-refractivity contribution in [1.82, 2.24) is 0 Å². The van der Waals surface area contributed by atoms with Gasteiger partial charge in [-0.1, -0.05) is 46.5 Å². The van der Waals surface area contributed by atoms with E-state index >= 15 is 0 Å². The van der Waals surface area contributed by atoms with E-state index in [1.54, 1.807) is 0 Å². The van der Waals surface area contributed by atoms with Crippen molar-refractivity contribution in [2.75, 3.05) is 0 Å². The van der Waals surface area contributed by atoms with Crippen LogP contribution in [0.4, 0.5) is 0 Å². The molecule has 2 aliphatic carbocycles. The average Bonchev–Trinajstić information content (AvgIpc) is 2.87. The maximum Gasteiger partial charge on any atom is 0.0477 e. The molecule has 2 heteroatoms. The zero-order chi connectivity index (χ0) is 17.1. The predicted molar refractivity (Wildman–Crippen MR) is 103 cm³/mol. The lowest BCUT2D eigenvalue weighted by Gasteiger charge is -2.52. The molecule has 1 N–H and O–H groups in total. The van der Waals surface area contributed by atoms with Gasteiger partial charge in [0.15, 0.2) is 0 Å². The number of hydrogen-bond donors (Lipinski definition) is 1. The minimum Gasteiger partial charge on any atom is -0.310 e. The predicted octanol–water partition coefficient (Wildman–Crippen LogP) is 7.22. The Balaban J connectivity index is 2.27. The molecule has 1 nitrogen and oxygen atoms in total. The topological polar surface area (TPSA) is 23.9 Å². The van der Waals surface area contributed by atoms with Crippen molar-refractivity contribution < 1.29 is 0 Å². The van der Waals surface area contributed by atoms with Crippen LogP contribution in [0.2, 0.25) is 0 Å². The third-order valence-electron chi connectivity index (χ3n) is 7.04. The molecule has 23 heavy (non-hydrogen) atoms. The van der Waals surface area contributed by atoms with Crippen LogP contribution in [0.3, 0.4) is 0 Å². The van der Waals surface area contributed by atoms with Gasteiger partial charge in [-0.2, -0.15) is 0 Å². The van der Waals surface area contributed by atoms with E-state index < -0.39 is 0 Å². The molecule has 2 rings (SSSR count). The molecule has 0 saturated heterocycles. The zero-order valence-electron chi connectivity index (χ0n) is 15.9. The van der Waals surface area contributed by atoms with Crippen LogP contribution in [-0.4, -0.2) is 10.6 Å². The third-order valence-corrected chi connectivity index (χ3v) is 7.69. The normalized spacial score (nSPS) is 36.5. The number of hydrogen-bond acceptors (Lipinski definition) is 1. The van der Waals surface area contributed by atoms with Crippen LogP contribution in [0, 0.1) is 28.6 Å². The van der Waals surface area contributed by atoms with Crippen molar-refractivity contribution in [2.24, 2.45) is 23.2 Å². The van der Waals surface area contributed by atoms with E-state index in [4.69, 9.17) is 17.0 Å². The Morgan fingerprint density at radius 2 is 1.91 bits per heavy atom. The maximum atomic E-state index is 8.14. The second-order valence-corrected chi connectivity index (χ2v) is 9.59. The smallest absolute Gasteiger partial charge is 0.0477 e. The van der Waals surface area contributed by atoms with Gasteiger partial charge in [0.05, 0.1) is 0 Å². The Labute approximate surface area is 149 Å². The molecular weight excluding hydrogens is 302 g/mol. The average molecular weight is 340 g/mol. The first kappa shape index (κ1) is 19.3. The molecule has 0 spiro atoms. The summed E-state index contributed by atoms with van der Waals surface area (Å²) in [5.41, 5.74) is 1.40. The van der Waals surface area contributed by atoms with E-state index in [1.165, 1.54) is 57.8 Å². The van der Waals surface area contributed by atoms with Crippen molar-refractivity contribution >= 4 is 17.3 Å². The minimum atomic E-state index is -0.0191. The highest BCUT2D eigenvalue weighted by molar-refractivity contribution is 6.24. The van der Waals surface area contributed by atoms with E-state index in [1.807, 2.05) is 6.92 Å². The van der Waals surface area contributed by atoms with Crippen molar-refractivity contribution in [1.29, 1.82) is 5.41 Å². The summed E-state index contributed by atoms with van der Waals surface area (Å²) in [5.74, 6) is 2.07. The van der Waals surface area contributed by atoms with E-state index in [0.29, 0.717) is 17.3 Å². The molecule has 0 aromatic heterocycles. The third kappa shape index (κ3) is 4.14. The molecule has 2 fully saturated rings. The fraction of sp³-hybridized carbons (Fsp3) is 0.952. The summed E-state index contributed by atoms with van der Waals surface area (Å²) in [5, 5.41) is 8.14. The molecule has 0 amide bonds. The fourth-order valence-corrected chi connectivity index (χ4v) is 6.54. The van der Waals surface area contributed by atoms with E-state index in [0.717, 1.165) is 24.5 Å². The summed E-state index contributed by atoms with van der Waals surface area (Å²) in [6.07, 6.45) is 13.8. The first-order chi connectivity index (χ1) is 10.9. The summed E-state index contributed by atoms with van der Waals surface area (Å²) in [7, 11) is 0. The summed E-state index contributed by atoms with van der Waals surface area (Å²) >= 11 is 7.34. The van der Waals surface area contributed by atoms with Gasteiger partial charge in [-0.3, -0.25) is 0 Å². The van der Waals surface area contributed by atoms with Crippen LogP contribution in [0.25, 0.3) is 0 Å². The Morgan fingerprint density at radius 1 is 1.17 bits per heavy atom. The van der Waals surface area contributed by atoms with Crippen LogP contribution >= 0.6 is 11.6 Å². The summed E-state index contributed by atoms with van der Waals surface area (Å²) in [6, 6.07) is 0. The molecule has 0 aromatic carbocycles. The molecule has 5 atom stereocenters. The summed E-state index contributed by atoms with van der Waals surface area (Å²) < 4.78 is 0.